The summed E-state index contributed by atoms with van der Waals surface area (Å²) in [7, 11) is -5.59. The first kappa shape index (κ1) is 25.6. The van der Waals surface area contributed by atoms with Crippen molar-refractivity contribution in [1.29, 1.82) is 0 Å². The molecule has 0 bridgehead atoms. The van der Waals surface area contributed by atoms with Crippen LogP contribution in [0.2, 0.25) is 49.4 Å². The minimum atomic E-state index is -2.10. The van der Waals surface area contributed by atoms with Gasteiger partial charge in [0.15, 0.2) is 8.32 Å². The Morgan fingerprint density at radius 1 is 0.440 bits per heavy atom. The maximum absolute atomic E-state index is 7.04. The van der Waals surface area contributed by atoms with Crippen molar-refractivity contribution in [3.63, 3.8) is 0 Å². The number of hydrogen-bond acceptors (Lipinski definition) is 2. The quantitative estimate of drug-likeness (QED) is 0.430. The second kappa shape index (κ2) is 6.87. The van der Waals surface area contributed by atoms with E-state index in [0.29, 0.717) is 5.04 Å². The van der Waals surface area contributed by atoms with Gasteiger partial charge in [0.25, 0.3) is 0 Å². The zero-order valence-electron chi connectivity index (χ0n) is 20.3. The van der Waals surface area contributed by atoms with Crippen molar-refractivity contribution in [2.45, 2.75) is 129 Å². The first-order chi connectivity index (χ1) is 10.4. The summed E-state index contributed by atoms with van der Waals surface area (Å²) in [4.78, 5) is 0. The van der Waals surface area contributed by atoms with Crippen LogP contribution >= 0.6 is 0 Å². The molecule has 152 valence electrons. The largest absolute Gasteiger partial charge is 0.412 e. The molecule has 0 spiro atoms. The molecule has 0 aliphatic rings. The van der Waals surface area contributed by atoms with Crippen LogP contribution < -0.4 is 0 Å². The van der Waals surface area contributed by atoms with Gasteiger partial charge in [-0.3, -0.25) is 0 Å². The van der Waals surface area contributed by atoms with Gasteiger partial charge in [-0.2, -0.15) is 0 Å². The van der Waals surface area contributed by atoms with Gasteiger partial charge in [0, 0.05) is 5.22 Å². The Balaban J connectivity index is 5.70. The van der Waals surface area contributed by atoms with Crippen LogP contribution in [-0.2, 0) is 8.85 Å². The van der Waals surface area contributed by atoms with Gasteiger partial charge >= 0.3 is 0 Å². The fourth-order valence-electron chi connectivity index (χ4n) is 2.71. The summed E-state index contributed by atoms with van der Waals surface area (Å²) < 4.78 is 13.9. The van der Waals surface area contributed by atoms with Crippen molar-refractivity contribution in [1.82, 2.24) is 0 Å². The van der Waals surface area contributed by atoms with Crippen molar-refractivity contribution in [2.75, 3.05) is 0 Å². The first-order valence-electron chi connectivity index (χ1n) is 9.82. The highest BCUT2D eigenvalue weighted by atomic mass is 28.4. The number of hydrogen-bond donors (Lipinski definition) is 0. The standard InChI is InChI=1S/C20H48O2Si3/c1-17(2,3)23(11,12)19(7,8)21-25(15,16)20(9,10)22-24(13,14)18(4,5)6/h1-16H3. The van der Waals surface area contributed by atoms with Crippen LogP contribution in [0.5, 0.6) is 0 Å². The molecule has 0 aliphatic heterocycles. The molecule has 0 unspecified atom stereocenters. The lowest BCUT2D eigenvalue weighted by Crippen LogP contribution is -2.67. The lowest BCUT2D eigenvalue weighted by atomic mass is 10.2. The summed E-state index contributed by atoms with van der Waals surface area (Å²) in [5, 5.41) is 0.208. The van der Waals surface area contributed by atoms with Gasteiger partial charge in [0.05, 0.1) is 13.3 Å². The summed E-state index contributed by atoms with van der Waals surface area (Å²) in [6.07, 6.45) is 0. The predicted octanol–water partition coefficient (Wildman–Crippen LogP) is 7.37. The third kappa shape index (κ3) is 5.31. The molecule has 0 aromatic rings. The molecule has 0 rings (SSSR count). The summed E-state index contributed by atoms with van der Waals surface area (Å²) in [6.45, 7) is 37.5. The molecule has 0 radical (unpaired) electrons. The molecular weight excluding hydrogens is 356 g/mol. The molecule has 0 aromatic heterocycles. The molecule has 0 saturated heterocycles. The van der Waals surface area contributed by atoms with Crippen LogP contribution in [0.1, 0.15) is 69.2 Å². The second-order valence-corrected chi connectivity index (χ2v) is 27.5. The van der Waals surface area contributed by atoms with E-state index in [4.69, 9.17) is 8.85 Å². The first-order valence-corrected chi connectivity index (χ1v) is 18.6. The Labute approximate surface area is 162 Å². The Hall–Kier alpha value is 0.571. The molecule has 25 heavy (non-hydrogen) atoms. The SMILES string of the molecule is CC(C)(C)[Si](C)(C)OC(C)(C)[Si](C)(C)OC(C)(C)[Si](C)(C)C(C)(C)C. The van der Waals surface area contributed by atoms with Crippen molar-refractivity contribution in [3.05, 3.63) is 0 Å². The minimum absolute atomic E-state index is 0.0883. The van der Waals surface area contributed by atoms with Crippen LogP contribution in [0.25, 0.3) is 0 Å². The van der Waals surface area contributed by atoms with Crippen molar-refractivity contribution < 1.29 is 8.85 Å². The molecule has 0 aliphatic carbocycles. The van der Waals surface area contributed by atoms with Gasteiger partial charge < -0.3 is 8.85 Å². The summed E-state index contributed by atoms with van der Waals surface area (Å²) in [5.74, 6) is 0. The Morgan fingerprint density at radius 2 is 0.760 bits per heavy atom. The van der Waals surface area contributed by atoms with Crippen molar-refractivity contribution in [2.24, 2.45) is 0 Å². The molecule has 0 fully saturated rings. The molecule has 5 heteroatoms. The molecule has 0 atom stereocenters. The lowest BCUT2D eigenvalue weighted by molar-refractivity contribution is 0.0929. The van der Waals surface area contributed by atoms with E-state index in [0.717, 1.165) is 0 Å². The van der Waals surface area contributed by atoms with E-state index in [2.05, 4.69) is 109 Å². The average molecular weight is 405 g/mol. The molecule has 0 saturated carbocycles. The molecule has 0 heterocycles. The lowest BCUT2D eigenvalue weighted by Gasteiger charge is -2.55. The maximum atomic E-state index is 7.04. The van der Waals surface area contributed by atoms with Gasteiger partial charge in [-0.15, -0.1) is 0 Å². The highest BCUT2D eigenvalue weighted by molar-refractivity contribution is 6.84. The summed E-state index contributed by atoms with van der Waals surface area (Å²) in [5.41, 5.74) is 0. The van der Waals surface area contributed by atoms with E-state index in [1.807, 2.05) is 0 Å². The van der Waals surface area contributed by atoms with E-state index in [9.17, 15) is 0 Å². The maximum Gasteiger partial charge on any atom is 0.216 e. The van der Waals surface area contributed by atoms with Crippen LogP contribution in [0.15, 0.2) is 0 Å². The predicted molar refractivity (Wildman–Crippen MR) is 122 cm³/mol. The van der Waals surface area contributed by atoms with E-state index < -0.39 is 24.7 Å². The Bertz CT molecular complexity index is 464. The van der Waals surface area contributed by atoms with Crippen LogP contribution in [0.4, 0.5) is 0 Å². The van der Waals surface area contributed by atoms with Crippen LogP contribution in [0, 0.1) is 0 Å². The van der Waals surface area contributed by atoms with Crippen LogP contribution in [0.3, 0.4) is 0 Å². The molecule has 2 nitrogen and oxygen atoms in total. The van der Waals surface area contributed by atoms with Crippen molar-refractivity contribution >= 4 is 24.7 Å². The molecule has 0 amide bonds. The number of rotatable bonds is 6. The van der Waals surface area contributed by atoms with E-state index in [-0.39, 0.29) is 15.5 Å². The zero-order valence-corrected chi connectivity index (χ0v) is 23.3. The minimum Gasteiger partial charge on any atom is -0.412 e. The normalized spacial score (nSPS) is 16.3. The second-order valence-electron chi connectivity index (χ2n) is 12.4. The van der Waals surface area contributed by atoms with Gasteiger partial charge in [-0.25, -0.2) is 0 Å². The summed E-state index contributed by atoms with van der Waals surface area (Å²) >= 11 is 0. The monoisotopic (exact) mass is 404 g/mol. The molecule has 0 N–H and O–H groups in total. The molecule has 0 aromatic carbocycles. The van der Waals surface area contributed by atoms with E-state index in [1.54, 1.807) is 0 Å². The third-order valence-electron chi connectivity index (χ3n) is 7.66. The Morgan fingerprint density at radius 3 is 1.04 bits per heavy atom. The molecular formula is C20H48O2Si3. The van der Waals surface area contributed by atoms with Gasteiger partial charge in [-0.05, 0) is 64.0 Å². The Kier molecular flexibility index (Phi) is 7.03. The van der Waals surface area contributed by atoms with Crippen molar-refractivity contribution in [3.8, 4) is 0 Å². The van der Waals surface area contributed by atoms with Crippen LogP contribution in [-0.4, -0.2) is 35.2 Å². The third-order valence-corrected chi connectivity index (χ3v) is 23.6. The highest BCUT2D eigenvalue weighted by Gasteiger charge is 2.55. The smallest absolute Gasteiger partial charge is 0.216 e. The topological polar surface area (TPSA) is 18.5 Å². The fourth-order valence-corrected chi connectivity index (χ4v) is 11.1. The van der Waals surface area contributed by atoms with E-state index >= 15 is 0 Å². The van der Waals surface area contributed by atoms with Gasteiger partial charge in [0.1, 0.15) is 0 Å². The van der Waals surface area contributed by atoms with E-state index in [1.165, 1.54) is 0 Å². The highest BCUT2D eigenvalue weighted by Crippen LogP contribution is 2.47. The zero-order chi connectivity index (χ0) is 20.9. The summed E-state index contributed by atoms with van der Waals surface area (Å²) in [6, 6.07) is 0. The van der Waals surface area contributed by atoms with Gasteiger partial charge in [-0.1, -0.05) is 54.6 Å². The average Bonchev–Trinajstić information content (AvgIpc) is 2.21. The fraction of sp³-hybridized carbons (Fsp3) is 1.00. The van der Waals surface area contributed by atoms with Gasteiger partial charge in [0.2, 0.25) is 8.32 Å².